The molecule has 1 aromatic carbocycles. The van der Waals surface area contributed by atoms with Crippen LogP contribution < -0.4 is 15.8 Å². The molecule has 7 nitrogen and oxygen atoms in total. The number of esters is 1. The van der Waals surface area contributed by atoms with Crippen molar-refractivity contribution in [3.05, 3.63) is 23.8 Å². The highest BCUT2D eigenvalue weighted by Gasteiger charge is 2.12. The second-order valence-electron chi connectivity index (χ2n) is 3.79. The summed E-state index contributed by atoms with van der Waals surface area (Å²) in [4.78, 5) is 23.0. The Hall–Kier alpha value is -2.75. The van der Waals surface area contributed by atoms with Crippen molar-refractivity contribution < 1.29 is 19.1 Å². The third kappa shape index (κ3) is 4.49. The zero-order valence-corrected chi connectivity index (χ0v) is 11.0. The molecule has 0 atom stereocenters. The molecule has 7 heteroatoms. The summed E-state index contributed by atoms with van der Waals surface area (Å²) >= 11 is 0. The fraction of sp³-hybridized carbons (Fsp3) is 0.308. The number of carbonyl (C=O) groups is 2. The number of carbonyl (C=O) groups excluding carboxylic acids is 2. The third-order valence-corrected chi connectivity index (χ3v) is 2.36. The fourth-order valence-corrected chi connectivity index (χ4v) is 1.36. The van der Waals surface area contributed by atoms with Crippen molar-refractivity contribution in [2.45, 2.75) is 6.42 Å². The molecule has 0 aliphatic rings. The van der Waals surface area contributed by atoms with E-state index in [1.165, 1.54) is 25.3 Å². The number of methoxy groups -OCH3 is 1. The predicted octanol–water partition coefficient (Wildman–Crippen LogP) is 0.464. The number of nitrogens with one attached hydrogen (secondary N) is 1. The number of nitrogens with zero attached hydrogens (tertiary/aromatic N) is 1. The van der Waals surface area contributed by atoms with E-state index in [9.17, 15) is 9.59 Å². The standard InChI is InChI=1S/C13H15N3O4/c1-19-11-7-9(3-4-10(11)15)13(18)20-8-12(17)16-6-2-5-14/h3-4,7H,2,6,8,15H2,1H3,(H,16,17). The molecule has 1 aromatic rings. The highest BCUT2D eigenvalue weighted by molar-refractivity contribution is 5.92. The zero-order chi connectivity index (χ0) is 15.0. The first-order valence-corrected chi connectivity index (χ1v) is 5.82. The number of nitriles is 1. The van der Waals surface area contributed by atoms with E-state index in [1.54, 1.807) is 0 Å². The average molecular weight is 277 g/mol. The van der Waals surface area contributed by atoms with E-state index in [1.807, 2.05) is 6.07 Å². The molecule has 0 unspecified atom stereocenters. The minimum absolute atomic E-state index is 0.203. The van der Waals surface area contributed by atoms with Crippen LogP contribution >= 0.6 is 0 Å². The lowest BCUT2D eigenvalue weighted by molar-refractivity contribution is -0.124. The van der Waals surface area contributed by atoms with Crippen LogP contribution in [0.1, 0.15) is 16.8 Å². The SMILES string of the molecule is COc1cc(C(=O)OCC(=O)NCCC#N)ccc1N. The molecule has 1 rings (SSSR count). The van der Waals surface area contributed by atoms with Crippen LogP contribution in [-0.4, -0.2) is 32.1 Å². The zero-order valence-electron chi connectivity index (χ0n) is 11.0. The summed E-state index contributed by atoms with van der Waals surface area (Å²) in [6.07, 6.45) is 0.203. The van der Waals surface area contributed by atoms with Crippen molar-refractivity contribution >= 4 is 17.6 Å². The van der Waals surface area contributed by atoms with Crippen LogP contribution in [0, 0.1) is 11.3 Å². The van der Waals surface area contributed by atoms with Crippen molar-refractivity contribution in [3.8, 4) is 11.8 Å². The van der Waals surface area contributed by atoms with Crippen molar-refractivity contribution in [2.24, 2.45) is 0 Å². The van der Waals surface area contributed by atoms with Gasteiger partial charge in [-0.3, -0.25) is 4.79 Å². The van der Waals surface area contributed by atoms with Crippen LogP contribution in [0.15, 0.2) is 18.2 Å². The number of anilines is 1. The molecule has 1 amide bonds. The minimum Gasteiger partial charge on any atom is -0.495 e. The summed E-state index contributed by atoms with van der Waals surface area (Å²) in [6.45, 7) is -0.181. The Morgan fingerprint density at radius 2 is 2.20 bits per heavy atom. The highest BCUT2D eigenvalue weighted by atomic mass is 16.5. The lowest BCUT2D eigenvalue weighted by atomic mass is 10.2. The Bertz CT molecular complexity index is 537. The molecule has 0 aliphatic carbocycles. The third-order valence-electron chi connectivity index (χ3n) is 2.36. The van der Waals surface area contributed by atoms with Crippen LogP contribution in [0.3, 0.4) is 0 Å². The van der Waals surface area contributed by atoms with Crippen LogP contribution in [-0.2, 0) is 9.53 Å². The molecule has 0 saturated carbocycles. The Morgan fingerprint density at radius 3 is 2.85 bits per heavy atom. The number of ether oxygens (including phenoxy) is 2. The first kappa shape index (κ1) is 15.3. The van der Waals surface area contributed by atoms with Crippen LogP contribution in [0.25, 0.3) is 0 Å². The molecule has 106 valence electrons. The molecule has 0 aromatic heterocycles. The van der Waals surface area contributed by atoms with E-state index < -0.39 is 18.5 Å². The minimum atomic E-state index is -0.654. The number of rotatable bonds is 6. The summed E-state index contributed by atoms with van der Waals surface area (Å²) < 4.78 is 9.81. The van der Waals surface area contributed by atoms with Gasteiger partial charge in [-0.15, -0.1) is 0 Å². The van der Waals surface area contributed by atoms with E-state index >= 15 is 0 Å². The maximum Gasteiger partial charge on any atom is 0.338 e. The van der Waals surface area contributed by atoms with Crippen LogP contribution in [0.4, 0.5) is 5.69 Å². The van der Waals surface area contributed by atoms with Gasteiger partial charge in [-0.2, -0.15) is 5.26 Å². The van der Waals surface area contributed by atoms with Gasteiger partial charge in [0.2, 0.25) is 0 Å². The molecule has 0 aliphatic heterocycles. The molecular weight excluding hydrogens is 262 g/mol. The smallest absolute Gasteiger partial charge is 0.338 e. The van der Waals surface area contributed by atoms with Crippen molar-refractivity contribution in [1.29, 1.82) is 5.26 Å². The van der Waals surface area contributed by atoms with E-state index in [4.69, 9.17) is 20.5 Å². The predicted molar refractivity (Wildman–Crippen MR) is 70.9 cm³/mol. The summed E-state index contributed by atoms with van der Waals surface area (Å²) in [5.41, 5.74) is 6.26. The van der Waals surface area contributed by atoms with Gasteiger partial charge in [-0.1, -0.05) is 0 Å². The van der Waals surface area contributed by atoms with Crippen molar-refractivity contribution in [3.63, 3.8) is 0 Å². The Labute approximate surface area is 116 Å². The molecule has 0 heterocycles. The van der Waals surface area contributed by atoms with Gasteiger partial charge in [0.25, 0.3) is 5.91 Å². The Balaban J connectivity index is 2.51. The monoisotopic (exact) mass is 277 g/mol. The van der Waals surface area contributed by atoms with E-state index in [-0.39, 0.29) is 18.5 Å². The fourth-order valence-electron chi connectivity index (χ4n) is 1.36. The van der Waals surface area contributed by atoms with Gasteiger partial charge in [0.1, 0.15) is 5.75 Å². The first-order chi connectivity index (χ1) is 9.58. The van der Waals surface area contributed by atoms with E-state index in [0.717, 1.165) is 0 Å². The lowest BCUT2D eigenvalue weighted by Crippen LogP contribution is -2.29. The van der Waals surface area contributed by atoms with Gasteiger partial charge in [-0.25, -0.2) is 4.79 Å². The van der Waals surface area contributed by atoms with Gasteiger partial charge in [-0.05, 0) is 18.2 Å². The van der Waals surface area contributed by atoms with E-state index in [2.05, 4.69) is 5.32 Å². The van der Waals surface area contributed by atoms with Crippen LogP contribution in [0.5, 0.6) is 5.75 Å². The molecule has 0 fully saturated rings. The van der Waals surface area contributed by atoms with Gasteiger partial charge < -0.3 is 20.5 Å². The number of nitrogens with two attached hydrogens (primary N) is 1. The molecule has 0 saturated heterocycles. The summed E-state index contributed by atoms with van der Waals surface area (Å²) in [7, 11) is 1.43. The van der Waals surface area contributed by atoms with Gasteiger partial charge in [0.15, 0.2) is 6.61 Å². The normalized spacial score (nSPS) is 9.40. The second kappa shape index (κ2) is 7.63. The number of hydrogen-bond acceptors (Lipinski definition) is 6. The quantitative estimate of drug-likeness (QED) is 0.443. The maximum absolute atomic E-state index is 11.7. The summed E-state index contributed by atoms with van der Waals surface area (Å²) in [5, 5.41) is 10.7. The summed E-state index contributed by atoms with van der Waals surface area (Å²) in [5.74, 6) is -0.757. The molecule has 3 N–H and O–H groups in total. The maximum atomic E-state index is 11.7. The van der Waals surface area contributed by atoms with Crippen molar-refractivity contribution in [2.75, 3.05) is 26.0 Å². The lowest BCUT2D eigenvalue weighted by Gasteiger charge is -2.08. The van der Waals surface area contributed by atoms with Gasteiger partial charge >= 0.3 is 5.97 Å². The largest absolute Gasteiger partial charge is 0.495 e. The first-order valence-electron chi connectivity index (χ1n) is 5.82. The molecule has 0 radical (unpaired) electrons. The molecule has 20 heavy (non-hydrogen) atoms. The highest BCUT2D eigenvalue weighted by Crippen LogP contribution is 2.22. The Kier molecular flexibility index (Phi) is 5.84. The molecule has 0 spiro atoms. The van der Waals surface area contributed by atoms with Crippen molar-refractivity contribution in [1.82, 2.24) is 5.32 Å². The average Bonchev–Trinajstić information content (AvgIpc) is 2.45. The Morgan fingerprint density at radius 1 is 1.45 bits per heavy atom. The second-order valence-corrected chi connectivity index (χ2v) is 3.79. The number of hydrogen-bond donors (Lipinski definition) is 2. The van der Waals surface area contributed by atoms with Gasteiger partial charge in [0, 0.05) is 6.54 Å². The number of benzene rings is 1. The molecular formula is C13H15N3O4. The number of nitrogen functional groups attached to an aromatic ring is 1. The number of amides is 1. The summed E-state index contributed by atoms with van der Waals surface area (Å²) in [6, 6.07) is 6.32. The van der Waals surface area contributed by atoms with Gasteiger partial charge in [0.05, 0.1) is 30.9 Å². The molecule has 0 bridgehead atoms. The van der Waals surface area contributed by atoms with Crippen LogP contribution in [0.2, 0.25) is 0 Å². The van der Waals surface area contributed by atoms with E-state index in [0.29, 0.717) is 11.4 Å². The topological polar surface area (TPSA) is 114 Å².